The molecule has 0 atom stereocenters. The summed E-state index contributed by atoms with van der Waals surface area (Å²) in [5, 5.41) is 11.5. The summed E-state index contributed by atoms with van der Waals surface area (Å²) in [6.07, 6.45) is 0.699. The van der Waals surface area contributed by atoms with Gasteiger partial charge in [-0.15, -0.1) is 0 Å². The van der Waals surface area contributed by atoms with Gasteiger partial charge in [-0.25, -0.2) is 4.39 Å². The van der Waals surface area contributed by atoms with E-state index >= 15 is 0 Å². The van der Waals surface area contributed by atoms with Crippen molar-refractivity contribution in [2.75, 3.05) is 5.73 Å². The van der Waals surface area contributed by atoms with Gasteiger partial charge in [0, 0.05) is 10.9 Å². The lowest BCUT2D eigenvalue weighted by Crippen LogP contribution is -2.09. The number of nitro groups is 1. The van der Waals surface area contributed by atoms with E-state index in [0.29, 0.717) is 23.7 Å². The zero-order valence-corrected chi connectivity index (χ0v) is 9.39. The second-order valence-corrected chi connectivity index (χ2v) is 4.46. The minimum atomic E-state index is -1.53. The molecule has 0 aliphatic heterocycles. The van der Waals surface area contributed by atoms with E-state index in [1.807, 2.05) is 0 Å². The molecule has 1 heterocycles. The minimum absolute atomic E-state index is 0.154. The Labute approximate surface area is 102 Å². The zero-order valence-electron chi connectivity index (χ0n) is 9.39. The van der Waals surface area contributed by atoms with Crippen LogP contribution in [0.25, 0.3) is 10.9 Å². The van der Waals surface area contributed by atoms with Crippen LogP contribution in [0.15, 0.2) is 24.3 Å². The first-order valence-corrected chi connectivity index (χ1v) is 5.55. The lowest BCUT2D eigenvalue weighted by atomic mass is 10.0. The molecule has 2 aromatic rings. The third-order valence-corrected chi connectivity index (χ3v) is 3.22. The van der Waals surface area contributed by atoms with Crippen molar-refractivity contribution in [1.82, 2.24) is 4.98 Å². The lowest BCUT2D eigenvalue weighted by Gasteiger charge is -2.11. The van der Waals surface area contributed by atoms with Crippen molar-refractivity contribution in [3.05, 3.63) is 39.9 Å². The topological polar surface area (TPSA) is 82.0 Å². The quantitative estimate of drug-likeness (QED) is 0.653. The van der Waals surface area contributed by atoms with Gasteiger partial charge in [0.1, 0.15) is 11.4 Å². The number of para-hydroxylation sites is 1. The molecule has 0 saturated heterocycles. The summed E-state index contributed by atoms with van der Waals surface area (Å²) in [5.41, 5.74) is 4.67. The highest BCUT2D eigenvalue weighted by Crippen LogP contribution is 2.54. The van der Waals surface area contributed by atoms with Crippen LogP contribution in [0.5, 0.6) is 0 Å². The second kappa shape index (κ2) is 3.38. The number of nitrogens with two attached hydrogens (primary N) is 1. The molecule has 0 unspecified atom stereocenters. The molecule has 1 saturated carbocycles. The van der Waals surface area contributed by atoms with Crippen LogP contribution in [-0.2, 0) is 5.67 Å². The first kappa shape index (κ1) is 10.9. The van der Waals surface area contributed by atoms with E-state index in [2.05, 4.69) is 4.98 Å². The fourth-order valence-electron chi connectivity index (χ4n) is 2.20. The molecule has 2 N–H and O–H groups in total. The van der Waals surface area contributed by atoms with E-state index in [1.54, 1.807) is 24.3 Å². The molecule has 92 valence electrons. The van der Waals surface area contributed by atoms with Crippen molar-refractivity contribution in [2.45, 2.75) is 18.5 Å². The summed E-state index contributed by atoms with van der Waals surface area (Å²) >= 11 is 0. The molecule has 0 amide bonds. The Morgan fingerprint density at radius 2 is 2.06 bits per heavy atom. The molecule has 3 rings (SSSR count). The van der Waals surface area contributed by atoms with Crippen molar-refractivity contribution >= 4 is 22.4 Å². The van der Waals surface area contributed by atoms with E-state index in [9.17, 15) is 14.5 Å². The third-order valence-electron chi connectivity index (χ3n) is 3.22. The molecule has 1 aromatic carbocycles. The SMILES string of the molecule is Nc1c([N+](=O)[O-])nc2ccccc2c1C1(F)CC1. The first-order chi connectivity index (χ1) is 8.53. The van der Waals surface area contributed by atoms with Crippen molar-refractivity contribution in [3.63, 3.8) is 0 Å². The van der Waals surface area contributed by atoms with Crippen LogP contribution < -0.4 is 5.73 Å². The fraction of sp³-hybridized carbons (Fsp3) is 0.250. The summed E-state index contributed by atoms with van der Waals surface area (Å²) in [4.78, 5) is 14.1. The molecule has 1 aromatic heterocycles. The molecule has 18 heavy (non-hydrogen) atoms. The van der Waals surface area contributed by atoms with Crippen LogP contribution in [0.1, 0.15) is 18.4 Å². The summed E-state index contributed by atoms with van der Waals surface area (Å²) in [6, 6.07) is 6.76. The Bertz CT molecular complexity index is 668. The number of nitrogens with zero attached hydrogens (tertiary/aromatic N) is 2. The van der Waals surface area contributed by atoms with E-state index in [4.69, 9.17) is 5.73 Å². The van der Waals surface area contributed by atoms with Crippen LogP contribution in [0.4, 0.5) is 15.9 Å². The van der Waals surface area contributed by atoms with Gasteiger partial charge in [-0.2, -0.15) is 0 Å². The van der Waals surface area contributed by atoms with Gasteiger partial charge in [-0.1, -0.05) is 18.2 Å². The van der Waals surface area contributed by atoms with Crippen molar-refractivity contribution in [3.8, 4) is 0 Å². The van der Waals surface area contributed by atoms with Gasteiger partial charge in [0.15, 0.2) is 5.52 Å². The van der Waals surface area contributed by atoms with Gasteiger partial charge in [0.05, 0.1) is 0 Å². The molecular formula is C12H10FN3O2. The minimum Gasteiger partial charge on any atom is -0.391 e. The average Bonchev–Trinajstić information content (AvgIpc) is 3.06. The maximum atomic E-state index is 14.3. The Kier molecular flexibility index (Phi) is 2.04. The molecular weight excluding hydrogens is 237 g/mol. The van der Waals surface area contributed by atoms with Crippen LogP contribution in [0.3, 0.4) is 0 Å². The molecule has 6 heteroatoms. The number of hydrogen-bond donors (Lipinski definition) is 1. The smallest absolute Gasteiger partial charge is 0.387 e. The van der Waals surface area contributed by atoms with E-state index in [-0.39, 0.29) is 11.3 Å². The number of anilines is 1. The molecule has 5 nitrogen and oxygen atoms in total. The highest BCUT2D eigenvalue weighted by molar-refractivity contribution is 5.90. The third kappa shape index (κ3) is 1.42. The van der Waals surface area contributed by atoms with Gasteiger partial charge in [-0.3, -0.25) is 0 Å². The summed E-state index contributed by atoms with van der Waals surface area (Å²) in [5.74, 6) is -0.465. The van der Waals surface area contributed by atoms with Gasteiger partial charge >= 0.3 is 5.82 Å². The van der Waals surface area contributed by atoms with Gasteiger partial charge < -0.3 is 15.8 Å². The van der Waals surface area contributed by atoms with Gasteiger partial charge in [0.25, 0.3) is 0 Å². The monoisotopic (exact) mass is 247 g/mol. The Morgan fingerprint density at radius 1 is 1.39 bits per heavy atom. The van der Waals surface area contributed by atoms with Gasteiger partial charge in [0.2, 0.25) is 0 Å². The number of pyridine rings is 1. The first-order valence-electron chi connectivity index (χ1n) is 5.55. The normalized spacial score (nSPS) is 16.7. The number of hydrogen-bond acceptors (Lipinski definition) is 4. The van der Waals surface area contributed by atoms with Crippen molar-refractivity contribution in [2.24, 2.45) is 0 Å². The van der Waals surface area contributed by atoms with E-state index in [1.165, 1.54) is 0 Å². The van der Waals surface area contributed by atoms with E-state index < -0.39 is 16.4 Å². The molecule has 1 aliphatic rings. The summed E-state index contributed by atoms with van der Waals surface area (Å²) in [7, 11) is 0. The Balaban J connectivity index is 2.42. The number of nitrogen functional groups attached to an aromatic ring is 1. The predicted octanol–water partition coefficient (Wildman–Crippen LogP) is 2.68. The second-order valence-electron chi connectivity index (χ2n) is 4.46. The van der Waals surface area contributed by atoms with Crippen LogP contribution >= 0.6 is 0 Å². The summed E-state index contributed by atoms with van der Waals surface area (Å²) in [6.45, 7) is 0. The maximum Gasteiger partial charge on any atom is 0.387 e. The number of halogens is 1. The predicted molar refractivity (Wildman–Crippen MR) is 64.8 cm³/mol. The van der Waals surface area contributed by atoms with Gasteiger partial charge in [-0.05, 0) is 28.8 Å². The lowest BCUT2D eigenvalue weighted by molar-refractivity contribution is -0.388. The number of benzene rings is 1. The Hall–Kier alpha value is -2.24. The maximum absolute atomic E-state index is 14.3. The van der Waals surface area contributed by atoms with Crippen molar-refractivity contribution in [1.29, 1.82) is 0 Å². The summed E-state index contributed by atoms with van der Waals surface area (Å²) < 4.78 is 14.3. The number of aromatic nitrogens is 1. The molecule has 0 bridgehead atoms. The highest BCUT2D eigenvalue weighted by Gasteiger charge is 2.49. The number of alkyl halides is 1. The van der Waals surface area contributed by atoms with Crippen LogP contribution in [0.2, 0.25) is 0 Å². The van der Waals surface area contributed by atoms with Crippen LogP contribution in [-0.4, -0.2) is 9.91 Å². The molecule has 1 fully saturated rings. The zero-order chi connectivity index (χ0) is 12.9. The van der Waals surface area contributed by atoms with E-state index in [0.717, 1.165) is 0 Å². The average molecular weight is 247 g/mol. The molecule has 0 spiro atoms. The van der Waals surface area contributed by atoms with Crippen molar-refractivity contribution < 1.29 is 9.31 Å². The number of rotatable bonds is 2. The Morgan fingerprint density at radius 3 is 2.67 bits per heavy atom. The molecule has 0 radical (unpaired) electrons. The number of fused-ring (bicyclic) bond motifs is 1. The molecule has 1 aliphatic carbocycles. The standard InChI is InChI=1S/C12H10FN3O2/c13-12(5-6-12)9-7-3-1-2-4-8(7)15-11(10(9)14)16(17)18/h1-4H,5-6,14H2. The van der Waals surface area contributed by atoms with Crippen LogP contribution in [0, 0.1) is 10.1 Å². The largest absolute Gasteiger partial charge is 0.391 e. The fourth-order valence-corrected chi connectivity index (χ4v) is 2.20. The highest BCUT2D eigenvalue weighted by atomic mass is 19.1.